The van der Waals surface area contributed by atoms with Gasteiger partial charge in [-0.05, 0) is 38.0 Å². The molecule has 4 heteroatoms. The quantitative estimate of drug-likeness (QED) is 0.736. The molecule has 4 rings (SSSR count). The SMILES string of the molecule is CCC(=O)OC1C2CC3CC1CC(OC(C)=O)(C3)C2. The molecule has 4 bridgehead atoms. The molecule has 0 amide bonds. The largest absolute Gasteiger partial charge is 0.462 e. The normalized spacial score (nSPS) is 43.1. The van der Waals surface area contributed by atoms with Crippen LogP contribution in [0.1, 0.15) is 52.4 Å². The summed E-state index contributed by atoms with van der Waals surface area (Å²) in [7, 11) is 0. The van der Waals surface area contributed by atoms with Crippen molar-refractivity contribution < 1.29 is 19.1 Å². The molecule has 0 aromatic carbocycles. The summed E-state index contributed by atoms with van der Waals surface area (Å²) in [6.07, 6.45) is 5.51. The van der Waals surface area contributed by atoms with E-state index >= 15 is 0 Å². The lowest BCUT2D eigenvalue weighted by molar-refractivity contribution is -0.214. The minimum absolute atomic E-state index is 0.0627. The van der Waals surface area contributed by atoms with Crippen LogP contribution in [0.15, 0.2) is 0 Å². The summed E-state index contributed by atoms with van der Waals surface area (Å²) in [5, 5.41) is 0. The number of hydrogen-bond acceptors (Lipinski definition) is 4. The standard InChI is InChI=1S/C15H22O4/c1-3-13(17)18-14-11-4-10-5-12(14)8-15(6-10,7-11)19-9(2)16/h10-12,14H,3-8H2,1-2H3. The second-order valence-electron chi connectivity index (χ2n) is 6.55. The van der Waals surface area contributed by atoms with Crippen LogP contribution in [0.3, 0.4) is 0 Å². The summed E-state index contributed by atoms with van der Waals surface area (Å²) in [5.74, 6) is 1.15. The minimum Gasteiger partial charge on any atom is -0.462 e. The first-order valence-electron chi connectivity index (χ1n) is 7.40. The van der Waals surface area contributed by atoms with E-state index in [-0.39, 0.29) is 23.6 Å². The van der Waals surface area contributed by atoms with E-state index in [1.807, 2.05) is 6.92 Å². The van der Waals surface area contributed by atoms with E-state index in [1.54, 1.807) is 0 Å². The van der Waals surface area contributed by atoms with Gasteiger partial charge in [0, 0.05) is 25.2 Å². The molecular formula is C15H22O4. The van der Waals surface area contributed by atoms with Crippen LogP contribution in [0.4, 0.5) is 0 Å². The summed E-state index contributed by atoms with van der Waals surface area (Å²) >= 11 is 0. The van der Waals surface area contributed by atoms with Gasteiger partial charge in [0.25, 0.3) is 0 Å². The topological polar surface area (TPSA) is 52.6 Å². The maximum Gasteiger partial charge on any atom is 0.305 e. The van der Waals surface area contributed by atoms with Crippen LogP contribution in [0.5, 0.6) is 0 Å². The molecule has 4 saturated carbocycles. The van der Waals surface area contributed by atoms with E-state index in [0.29, 0.717) is 24.2 Å². The Bertz CT molecular complexity index is 387. The zero-order valence-corrected chi connectivity index (χ0v) is 11.7. The molecule has 0 aliphatic heterocycles. The number of hydrogen-bond donors (Lipinski definition) is 0. The zero-order chi connectivity index (χ0) is 13.6. The van der Waals surface area contributed by atoms with Crippen molar-refractivity contribution in [2.24, 2.45) is 17.8 Å². The van der Waals surface area contributed by atoms with Gasteiger partial charge in [-0.2, -0.15) is 0 Å². The highest BCUT2D eigenvalue weighted by Crippen LogP contribution is 2.58. The van der Waals surface area contributed by atoms with Gasteiger partial charge in [0.1, 0.15) is 11.7 Å². The van der Waals surface area contributed by atoms with Crippen molar-refractivity contribution in [3.8, 4) is 0 Å². The van der Waals surface area contributed by atoms with Crippen molar-refractivity contribution in [3.63, 3.8) is 0 Å². The van der Waals surface area contributed by atoms with Gasteiger partial charge in [-0.15, -0.1) is 0 Å². The Labute approximate surface area is 113 Å². The molecule has 0 spiro atoms. The third-order valence-corrected chi connectivity index (χ3v) is 5.05. The van der Waals surface area contributed by atoms with Crippen LogP contribution >= 0.6 is 0 Å². The van der Waals surface area contributed by atoms with Crippen LogP contribution < -0.4 is 0 Å². The molecule has 0 aromatic rings. The van der Waals surface area contributed by atoms with Gasteiger partial charge in [-0.1, -0.05) is 6.92 Å². The maximum atomic E-state index is 11.6. The fourth-order valence-electron chi connectivity index (χ4n) is 4.76. The Hall–Kier alpha value is -1.06. The first kappa shape index (κ1) is 12.9. The van der Waals surface area contributed by atoms with Gasteiger partial charge in [-0.25, -0.2) is 0 Å². The van der Waals surface area contributed by atoms with E-state index in [0.717, 1.165) is 32.1 Å². The van der Waals surface area contributed by atoms with Crippen molar-refractivity contribution in [2.75, 3.05) is 0 Å². The number of esters is 2. The van der Waals surface area contributed by atoms with Gasteiger partial charge in [0.05, 0.1) is 0 Å². The first-order valence-corrected chi connectivity index (χ1v) is 7.40. The van der Waals surface area contributed by atoms with Crippen molar-refractivity contribution in [2.45, 2.75) is 64.1 Å². The number of rotatable bonds is 3. The van der Waals surface area contributed by atoms with Gasteiger partial charge >= 0.3 is 11.9 Å². The van der Waals surface area contributed by atoms with E-state index < -0.39 is 0 Å². The number of carbonyl (C=O) groups excluding carboxylic acids is 2. The van der Waals surface area contributed by atoms with Crippen LogP contribution in [0, 0.1) is 17.8 Å². The molecule has 19 heavy (non-hydrogen) atoms. The monoisotopic (exact) mass is 266 g/mol. The highest BCUT2D eigenvalue weighted by Gasteiger charge is 2.58. The van der Waals surface area contributed by atoms with Gasteiger partial charge in [-0.3, -0.25) is 9.59 Å². The van der Waals surface area contributed by atoms with Crippen LogP contribution in [-0.4, -0.2) is 23.6 Å². The molecule has 2 atom stereocenters. The fraction of sp³-hybridized carbons (Fsp3) is 0.867. The molecule has 0 saturated heterocycles. The molecule has 2 unspecified atom stereocenters. The summed E-state index contributed by atoms with van der Waals surface area (Å²) < 4.78 is 11.3. The first-order chi connectivity index (χ1) is 9.01. The number of ether oxygens (including phenoxy) is 2. The predicted octanol–water partition coefficient (Wildman–Crippen LogP) is 2.45. The smallest absolute Gasteiger partial charge is 0.305 e. The summed E-state index contributed by atoms with van der Waals surface area (Å²) in [5.41, 5.74) is -0.253. The summed E-state index contributed by atoms with van der Waals surface area (Å²) in [4.78, 5) is 22.9. The molecular weight excluding hydrogens is 244 g/mol. The van der Waals surface area contributed by atoms with E-state index in [9.17, 15) is 9.59 Å². The molecule has 0 heterocycles. The van der Waals surface area contributed by atoms with E-state index in [1.165, 1.54) is 6.92 Å². The lowest BCUT2D eigenvalue weighted by Gasteiger charge is -2.58. The average Bonchev–Trinajstić information content (AvgIpc) is 2.31. The van der Waals surface area contributed by atoms with Crippen LogP contribution in [0.2, 0.25) is 0 Å². The predicted molar refractivity (Wildman–Crippen MR) is 68.2 cm³/mol. The molecule has 4 aliphatic rings. The maximum absolute atomic E-state index is 11.6. The minimum atomic E-state index is -0.253. The third kappa shape index (κ3) is 2.26. The summed E-state index contributed by atoms with van der Waals surface area (Å²) in [6, 6.07) is 0. The summed E-state index contributed by atoms with van der Waals surface area (Å²) in [6.45, 7) is 3.33. The second-order valence-corrected chi connectivity index (χ2v) is 6.55. The molecule has 106 valence electrons. The van der Waals surface area contributed by atoms with Crippen molar-refractivity contribution >= 4 is 11.9 Å². The van der Waals surface area contributed by atoms with E-state index in [4.69, 9.17) is 9.47 Å². The van der Waals surface area contributed by atoms with Gasteiger partial charge < -0.3 is 9.47 Å². The third-order valence-electron chi connectivity index (χ3n) is 5.05. The Balaban J connectivity index is 1.76. The highest BCUT2D eigenvalue weighted by molar-refractivity contribution is 5.69. The Kier molecular flexibility index (Phi) is 3.06. The van der Waals surface area contributed by atoms with Gasteiger partial charge in [0.2, 0.25) is 0 Å². The van der Waals surface area contributed by atoms with Crippen molar-refractivity contribution in [1.29, 1.82) is 0 Å². The van der Waals surface area contributed by atoms with E-state index in [2.05, 4.69) is 0 Å². The van der Waals surface area contributed by atoms with Crippen LogP contribution in [0.25, 0.3) is 0 Å². The molecule has 0 aromatic heterocycles. The molecule has 0 radical (unpaired) electrons. The lowest BCUT2D eigenvalue weighted by atomic mass is 9.53. The molecule has 0 N–H and O–H groups in total. The van der Waals surface area contributed by atoms with Crippen LogP contribution in [-0.2, 0) is 19.1 Å². The molecule has 4 fully saturated rings. The Morgan fingerprint density at radius 3 is 2.32 bits per heavy atom. The fourth-order valence-corrected chi connectivity index (χ4v) is 4.76. The molecule has 4 nitrogen and oxygen atoms in total. The van der Waals surface area contributed by atoms with Crippen molar-refractivity contribution in [3.05, 3.63) is 0 Å². The number of carbonyl (C=O) groups is 2. The van der Waals surface area contributed by atoms with Crippen molar-refractivity contribution in [1.82, 2.24) is 0 Å². The average molecular weight is 266 g/mol. The Morgan fingerprint density at radius 1 is 1.16 bits per heavy atom. The second kappa shape index (κ2) is 4.50. The lowest BCUT2D eigenvalue weighted by Crippen LogP contribution is -2.59. The zero-order valence-electron chi connectivity index (χ0n) is 11.7. The Morgan fingerprint density at radius 2 is 1.79 bits per heavy atom. The highest BCUT2D eigenvalue weighted by atomic mass is 16.6. The van der Waals surface area contributed by atoms with Gasteiger partial charge in [0.15, 0.2) is 0 Å². The molecule has 4 aliphatic carbocycles.